The Balaban J connectivity index is 1.50. The number of aliphatic hydroxyl groups is 5. The van der Waals surface area contributed by atoms with Gasteiger partial charge in [-0.25, -0.2) is 4.18 Å². The van der Waals surface area contributed by atoms with Gasteiger partial charge in [0.1, 0.15) is 0 Å². The zero-order valence-corrected chi connectivity index (χ0v) is 23.3. The maximum atomic E-state index is 11.6. The van der Waals surface area contributed by atoms with Gasteiger partial charge in [0.25, 0.3) is 0 Å². The molecule has 10 heteroatoms. The van der Waals surface area contributed by atoms with E-state index < -0.39 is 51.9 Å². The second-order valence-electron chi connectivity index (χ2n) is 13.4. The van der Waals surface area contributed by atoms with Crippen molar-refractivity contribution in [1.29, 1.82) is 0 Å². The lowest BCUT2D eigenvalue weighted by atomic mass is 9.42. The molecule has 0 saturated heterocycles. The molecule has 4 rings (SSSR count). The Labute approximate surface area is 220 Å². The van der Waals surface area contributed by atoms with Gasteiger partial charge >= 0.3 is 10.4 Å². The number of aliphatic hydroxyl groups excluding tert-OH is 3. The molecule has 214 valence electrons. The van der Waals surface area contributed by atoms with Gasteiger partial charge in [-0.1, -0.05) is 32.9 Å². The van der Waals surface area contributed by atoms with Crippen LogP contribution < -0.4 is 0 Å². The van der Waals surface area contributed by atoms with Gasteiger partial charge in [0, 0.05) is 11.8 Å². The van der Waals surface area contributed by atoms with Crippen molar-refractivity contribution in [2.75, 3.05) is 6.61 Å². The molecular formula is C27H46O9S. The average Bonchev–Trinajstić information content (AvgIpc) is 3.05. The summed E-state index contributed by atoms with van der Waals surface area (Å²) in [6, 6.07) is 0. The summed E-state index contributed by atoms with van der Waals surface area (Å²) in [5.74, 6) is 0.529. The summed E-state index contributed by atoms with van der Waals surface area (Å²) in [7, 11) is -4.63. The van der Waals surface area contributed by atoms with E-state index in [0.717, 1.165) is 12.8 Å². The van der Waals surface area contributed by atoms with Crippen LogP contribution in [0.4, 0.5) is 0 Å². The van der Waals surface area contributed by atoms with Crippen molar-refractivity contribution in [2.24, 2.45) is 40.4 Å². The van der Waals surface area contributed by atoms with Gasteiger partial charge in [-0.2, -0.15) is 8.42 Å². The zero-order chi connectivity index (χ0) is 27.6. The molecule has 0 aromatic carbocycles. The van der Waals surface area contributed by atoms with E-state index in [4.69, 9.17) is 4.55 Å². The van der Waals surface area contributed by atoms with Crippen LogP contribution in [0.1, 0.15) is 79.1 Å². The topological polar surface area (TPSA) is 165 Å². The van der Waals surface area contributed by atoms with Gasteiger partial charge in [-0.15, -0.1) is 0 Å². The lowest BCUT2D eigenvalue weighted by Gasteiger charge is -2.65. The third-order valence-corrected chi connectivity index (χ3v) is 11.5. The summed E-state index contributed by atoms with van der Waals surface area (Å²) in [4.78, 5) is 0. The lowest BCUT2D eigenvalue weighted by molar-refractivity contribution is -0.268. The Hall–Kier alpha value is -0.590. The van der Waals surface area contributed by atoms with Crippen molar-refractivity contribution >= 4 is 10.4 Å². The van der Waals surface area contributed by atoms with Crippen molar-refractivity contribution in [3.63, 3.8) is 0 Å². The van der Waals surface area contributed by atoms with E-state index in [2.05, 4.69) is 25.0 Å². The molecule has 4 aliphatic rings. The summed E-state index contributed by atoms with van der Waals surface area (Å²) in [6.07, 6.45) is 6.22. The van der Waals surface area contributed by atoms with Gasteiger partial charge in [-0.05, 0) is 86.9 Å². The predicted molar refractivity (Wildman–Crippen MR) is 137 cm³/mol. The van der Waals surface area contributed by atoms with Crippen LogP contribution in [0.2, 0.25) is 0 Å². The van der Waals surface area contributed by atoms with Crippen LogP contribution >= 0.6 is 0 Å². The Morgan fingerprint density at radius 1 is 1.14 bits per heavy atom. The van der Waals surface area contributed by atoms with Crippen LogP contribution in [0.25, 0.3) is 0 Å². The first-order valence-electron chi connectivity index (χ1n) is 13.7. The maximum absolute atomic E-state index is 11.6. The highest BCUT2D eigenvalue weighted by Gasteiger charge is 2.68. The monoisotopic (exact) mass is 546 g/mol. The van der Waals surface area contributed by atoms with Crippen LogP contribution in [0.3, 0.4) is 0 Å². The molecule has 37 heavy (non-hydrogen) atoms. The van der Waals surface area contributed by atoms with Crippen molar-refractivity contribution in [2.45, 2.75) is 109 Å². The van der Waals surface area contributed by atoms with Crippen LogP contribution in [0, 0.1) is 40.4 Å². The molecule has 12 unspecified atom stereocenters. The Bertz CT molecular complexity index is 982. The minimum Gasteiger partial charge on any atom is -0.393 e. The maximum Gasteiger partial charge on any atom is 0.397 e. The Morgan fingerprint density at radius 3 is 2.46 bits per heavy atom. The van der Waals surface area contributed by atoms with Crippen molar-refractivity contribution in [1.82, 2.24) is 0 Å². The molecular weight excluding hydrogens is 500 g/mol. The quantitative estimate of drug-likeness (QED) is 0.207. The number of hydrogen-bond donors (Lipinski definition) is 6. The fourth-order valence-corrected chi connectivity index (χ4v) is 9.52. The number of fused-ring (bicyclic) bond motifs is 5. The molecule has 0 spiro atoms. The van der Waals surface area contributed by atoms with E-state index in [9.17, 15) is 34.0 Å². The fraction of sp³-hybridized carbons (Fsp3) is 0.926. The summed E-state index contributed by atoms with van der Waals surface area (Å²) < 4.78 is 34.7. The van der Waals surface area contributed by atoms with Gasteiger partial charge in [0.2, 0.25) is 0 Å². The van der Waals surface area contributed by atoms with Crippen molar-refractivity contribution < 1.29 is 42.7 Å². The third kappa shape index (κ3) is 5.17. The van der Waals surface area contributed by atoms with E-state index in [0.29, 0.717) is 25.7 Å². The van der Waals surface area contributed by atoms with Gasteiger partial charge in [-0.3, -0.25) is 4.55 Å². The minimum absolute atomic E-state index is 0.00115. The number of rotatable bonds is 7. The first kappa shape index (κ1) is 29.4. The van der Waals surface area contributed by atoms with E-state index in [1.54, 1.807) is 6.08 Å². The molecule has 0 aliphatic heterocycles. The normalized spacial score (nSPS) is 48.6. The lowest BCUT2D eigenvalue weighted by Crippen LogP contribution is -2.69. The average molecular weight is 547 g/mol. The molecule has 12 atom stereocenters. The first-order chi connectivity index (χ1) is 16.9. The predicted octanol–water partition coefficient (Wildman–Crippen LogP) is 2.22. The molecule has 4 aliphatic carbocycles. The Morgan fingerprint density at radius 2 is 1.81 bits per heavy atom. The first-order valence-corrected chi connectivity index (χ1v) is 15.1. The standard InChI is InChI=1S/C27H46O9S/c1-16(6-5-9-24(2,31)15-36-37(33,34)35)20-13-21(29)23-18-12-22(30)27(32)14-17(28)7-11-26(27,4)19(18)8-10-25(20,23)3/h5-6,16-23,28-32H,7-15H2,1-4H3,(H,33,34,35). The van der Waals surface area contributed by atoms with Crippen LogP contribution in [-0.4, -0.2) is 74.6 Å². The van der Waals surface area contributed by atoms with Gasteiger partial charge in [0.05, 0.1) is 36.1 Å². The molecule has 4 saturated carbocycles. The highest BCUT2D eigenvalue weighted by atomic mass is 32.3. The van der Waals surface area contributed by atoms with E-state index in [1.807, 2.05) is 6.08 Å². The summed E-state index contributed by atoms with van der Waals surface area (Å²) >= 11 is 0. The second kappa shape index (κ2) is 9.80. The molecule has 0 aromatic rings. The van der Waals surface area contributed by atoms with Gasteiger partial charge in [0.15, 0.2) is 0 Å². The van der Waals surface area contributed by atoms with Crippen molar-refractivity contribution in [3.8, 4) is 0 Å². The molecule has 9 nitrogen and oxygen atoms in total. The van der Waals surface area contributed by atoms with E-state index in [-0.39, 0.29) is 47.8 Å². The minimum atomic E-state index is -4.63. The third-order valence-electron chi connectivity index (χ3n) is 11.0. The zero-order valence-electron chi connectivity index (χ0n) is 22.5. The molecule has 4 fully saturated rings. The Kier molecular flexibility index (Phi) is 7.79. The van der Waals surface area contributed by atoms with Gasteiger partial charge < -0.3 is 25.5 Å². The SMILES string of the molecule is CC(C=CCC(C)(O)COS(=O)(=O)O)C1CC(O)C2C3CC(O)C4(O)CC(O)CCC4(C)C3CCC12C. The summed E-state index contributed by atoms with van der Waals surface area (Å²) in [5.41, 5.74) is -3.44. The number of allylic oxidation sites excluding steroid dienone is 1. The highest BCUT2D eigenvalue weighted by Crippen LogP contribution is 2.69. The fourth-order valence-electron chi connectivity index (χ4n) is 9.12. The van der Waals surface area contributed by atoms with Crippen LogP contribution in [0.15, 0.2) is 12.2 Å². The number of hydrogen-bond acceptors (Lipinski definition) is 8. The molecule has 0 aromatic heterocycles. The largest absolute Gasteiger partial charge is 0.397 e. The molecule has 6 N–H and O–H groups in total. The summed E-state index contributed by atoms with van der Waals surface area (Å²) in [6.45, 7) is 7.29. The van der Waals surface area contributed by atoms with Crippen LogP contribution in [0.5, 0.6) is 0 Å². The van der Waals surface area contributed by atoms with Crippen LogP contribution in [-0.2, 0) is 14.6 Å². The van der Waals surface area contributed by atoms with E-state index in [1.165, 1.54) is 6.92 Å². The highest BCUT2D eigenvalue weighted by molar-refractivity contribution is 7.80. The molecule has 0 radical (unpaired) electrons. The van der Waals surface area contributed by atoms with Crippen molar-refractivity contribution in [3.05, 3.63) is 12.2 Å². The second-order valence-corrected chi connectivity index (χ2v) is 14.5. The molecule has 0 heterocycles. The molecule has 0 amide bonds. The summed E-state index contributed by atoms with van der Waals surface area (Å²) in [5, 5.41) is 54.9. The smallest absolute Gasteiger partial charge is 0.393 e. The molecule has 0 bridgehead atoms. The van der Waals surface area contributed by atoms with E-state index >= 15 is 0 Å².